The third kappa shape index (κ3) is 4.32. The molecule has 27 heavy (non-hydrogen) atoms. The van der Waals surface area contributed by atoms with Crippen molar-refractivity contribution < 1.29 is 18.0 Å². The zero-order valence-corrected chi connectivity index (χ0v) is 16.6. The monoisotopic (exact) mass is 397 g/mol. The molecule has 1 aromatic heterocycles. The highest BCUT2D eigenvalue weighted by Gasteiger charge is 2.48. The Bertz CT molecular complexity index is 777. The summed E-state index contributed by atoms with van der Waals surface area (Å²) in [5.41, 5.74) is 0. The lowest BCUT2D eigenvalue weighted by Crippen LogP contribution is -2.42. The summed E-state index contributed by atoms with van der Waals surface area (Å²) in [6, 6.07) is 1.66. The molecule has 0 saturated carbocycles. The Morgan fingerprint density at radius 2 is 2.07 bits per heavy atom. The lowest BCUT2D eigenvalue weighted by Gasteiger charge is -2.26. The van der Waals surface area contributed by atoms with Gasteiger partial charge in [-0.25, -0.2) is 12.7 Å². The van der Waals surface area contributed by atoms with Gasteiger partial charge >= 0.3 is 0 Å². The normalized spacial score (nSPS) is 22.7. The molecule has 3 rings (SSSR count). The molecule has 2 atom stereocenters. The first-order valence-electron chi connectivity index (χ1n) is 9.26. The number of rotatable bonds is 8. The van der Waals surface area contributed by atoms with Gasteiger partial charge in [-0.3, -0.25) is 14.3 Å². The molecule has 2 aliphatic rings. The second kappa shape index (κ2) is 7.97. The number of carbonyl (C=O) groups excluding carboxylic acids is 2. The molecule has 2 aliphatic heterocycles. The zero-order valence-electron chi connectivity index (χ0n) is 15.8. The molecule has 0 spiro atoms. The van der Waals surface area contributed by atoms with Crippen molar-refractivity contribution in [1.29, 1.82) is 0 Å². The summed E-state index contributed by atoms with van der Waals surface area (Å²) in [5.74, 6) is -0.0922. The van der Waals surface area contributed by atoms with Gasteiger partial charge in [0.25, 0.3) is 0 Å². The van der Waals surface area contributed by atoms with Crippen molar-refractivity contribution in [1.82, 2.24) is 23.9 Å². The van der Waals surface area contributed by atoms with Crippen molar-refractivity contribution in [3.8, 4) is 0 Å². The predicted octanol–water partition coefficient (Wildman–Crippen LogP) is -0.243. The molecule has 0 aliphatic carbocycles. The molecule has 0 aromatic carbocycles. The smallest absolute Gasteiger partial charge is 0.225 e. The highest BCUT2D eigenvalue weighted by Crippen LogP contribution is 2.33. The van der Waals surface area contributed by atoms with Crippen LogP contribution >= 0.6 is 0 Å². The highest BCUT2D eigenvalue weighted by molar-refractivity contribution is 7.89. The van der Waals surface area contributed by atoms with Crippen molar-refractivity contribution in [2.24, 2.45) is 0 Å². The summed E-state index contributed by atoms with van der Waals surface area (Å²) in [6.45, 7) is 1.50. The van der Waals surface area contributed by atoms with Crippen molar-refractivity contribution in [3.63, 3.8) is 0 Å². The van der Waals surface area contributed by atoms with E-state index in [-0.39, 0.29) is 42.6 Å². The average molecular weight is 398 g/mol. The summed E-state index contributed by atoms with van der Waals surface area (Å²) in [7, 11) is -0.372. The second-order valence-electron chi connectivity index (χ2n) is 7.27. The van der Waals surface area contributed by atoms with Gasteiger partial charge in [0, 0.05) is 59.0 Å². The number of hydrogen-bond acceptors (Lipinski definition) is 5. The van der Waals surface area contributed by atoms with E-state index >= 15 is 0 Å². The minimum Gasteiger partial charge on any atom is -0.337 e. The molecule has 150 valence electrons. The Balaban J connectivity index is 1.53. The Morgan fingerprint density at radius 1 is 1.30 bits per heavy atom. The molecule has 2 fully saturated rings. The Hall–Kier alpha value is -1.94. The van der Waals surface area contributed by atoms with Gasteiger partial charge in [-0.2, -0.15) is 5.10 Å². The number of fused-ring (bicyclic) bond motifs is 1. The number of aromatic nitrogens is 2. The SMILES string of the molecule is CN(C)S(=O)(=O)CCN1C(=O)C[C@H]2[C@@H]1CCN2C(=O)CCCn1cccn1. The van der Waals surface area contributed by atoms with Gasteiger partial charge in [-0.15, -0.1) is 0 Å². The maximum absolute atomic E-state index is 12.6. The van der Waals surface area contributed by atoms with Gasteiger partial charge in [0.2, 0.25) is 21.8 Å². The second-order valence-corrected chi connectivity index (χ2v) is 9.58. The van der Waals surface area contributed by atoms with E-state index in [1.807, 2.05) is 17.2 Å². The van der Waals surface area contributed by atoms with Crippen LogP contribution in [-0.4, -0.2) is 89.1 Å². The Morgan fingerprint density at radius 3 is 2.74 bits per heavy atom. The van der Waals surface area contributed by atoms with Crippen molar-refractivity contribution >= 4 is 21.8 Å². The van der Waals surface area contributed by atoms with Crippen LogP contribution in [0.2, 0.25) is 0 Å². The number of sulfonamides is 1. The van der Waals surface area contributed by atoms with Gasteiger partial charge in [0.15, 0.2) is 0 Å². The molecule has 3 heterocycles. The molecule has 2 saturated heterocycles. The lowest BCUT2D eigenvalue weighted by molar-refractivity contribution is -0.132. The van der Waals surface area contributed by atoms with E-state index in [1.54, 1.807) is 15.8 Å². The third-order valence-corrected chi connectivity index (χ3v) is 7.23. The number of aryl methyl sites for hydroxylation is 1. The third-order valence-electron chi connectivity index (χ3n) is 5.42. The number of hydrogen-bond donors (Lipinski definition) is 0. The first-order chi connectivity index (χ1) is 12.8. The molecular weight excluding hydrogens is 370 g/mol. The molecule has 1 aromatic rings. The van der Waals surface area contributed by atoms with Crippen LogP contribution in [0.25, 0.3) is 0 Å². The van der Waals surface area contributed by atoms with Crippen LogP contribution in [0.5, 0.6) is 0 Å². The standard InChI is InChI=1S/C17H27N5O4S/c1-19(2)27(25,26)12-11-22-14-6-10-21(15(14)13-17(22)24)16(23)5-3-8-20-9-4-7-18-20/h4,7,9,14-15H,3,5-6,8,10-13H2,1-2H3/t14-,15-/m0/s1. The van der Waals surface area contributed by atoms with Crippen LogP contribution in [-0.2, 0) is 26.2 Å². The first kappa shape index (κ1) is 19.8. The largest absolute Gasteiger partial charge is 0.337 e. The summed E-state index contributed by atoms with van der Waals surface area (Å²) >= 11 is 0. The molecule has 9 nitrogen and oxygen atoms in total. The van der Waals surface area contributed by atoms with Gasteiger partial charge in [0.1, 0.15) is 0 Å². The van der Waals surface area contributed by atoms with Crippen LogP contribution in [0.4, 0.5) is 0 Å². The van der Waals surface area contributed by atoms with Gasteiger partial charge in [0.05, 0.1) is 17.8 Å². The number of carbonyl (C=O) groups is 2. The van der Waals surface area contributed by atoms with Gasteiger partial charge in [-0.05, 0) is 18.9 Å². The van der Waals surface area contributed by atoms with E-state index in [2.05, 4.69) is 5.10 Å². The maximum atomic E-state index is 12.6. The van der Waals surface area contributed by atoms with Crippen molar-refractivity contribution in [2.45, 2.75) is 44.3 Å². The number of nitrogens with zero attached hydrogens (tertiary/aromatic N) is 5. The molecule has 10 heteroatoms. The summed E-state index contributed by atoms with van der Waals surface area (Å²) in [5, 5.41) is 4.12. The molecular formula is C17H27N5O4S. The quantitative estimate of drug-likeness (QED) is 0.603. The fraction of sp³-hybridized carbons (Fsp3) is 0.706. The minimum atomic E-state index is -3.35. The van der Waals surface area contributed by atoms with E-state index in [0.717, 1.165) is 0 Å². The first-order valence-corrected chi connectivity index (χ1v) is 10.9. The Labute approximate surface area is 159 Å². The van der Waals surface area contributed by atoms with E-state index in [0.29, 0.717) is 32.4 Å². The lowest BCUT2D eigenvalue weighted by atomic mass is 10.1. The fourth-order valence-corrected chi connectivity index (χ4v) is 4.69. The summed E-state index contributed by atoms with van der Waals surface area (Å²) in [4.78, 5) is 28.4. The predicted molar refractivity (Wildman–Crippen MR) is 99.2 cm³/mol. The molecule has 0 unspecified atom stereocenters. The van der Waals surface area contributed by atoms with E-state index < -0.39 is 10.0 Å². The molecule has 0 bridgehead atoms. The summed E-state index contributed by atoms with van der Waals surface area (Å²) < 4.78 is 27.0. The number of amides is 2. The molecule has 0 N–H and O–H groups in total. The Kier molecular flexibility index (Phi) is 5.85. The van der Waals surface area contributed by atoms with E-state index in [1.165, 1.54) is 18.4 Å². The van der Waals surface area contributed by atoms with Gasteiger partial charge < -0.3 is 9.80 Å². The fourth-order valence-electron chi connectivity index (χ4n) is 3.89. The minimum absolute atomic E-state index is 0.0604. The topological polar surface area (TPSA) is 95.8 Å². The molecule has 0 radical (unpaired) electrons. The van der Waals surface area contributed by atoms with Crippen LogP contribution in [0, 0.1) is 0 Å². The van der Waals surface area contributed by atoms with Crippen LogP contribution in [0.3, 0.4) is 0 Å². The molecule has 2 amide bonds. The van der Waals surface area contributed by atoms with E-state index in [9.17, 15) is 18.0 Å². The van der Waals surface area contributed by atoms with Crippen molar-refractivity contribution in [2.75, 3.05) is 32.9 Å². The van der Waals surface area contributed by atoms with Crippen LogP contribution < -0.4 is 0 Å². The highest BCUT2D eigenvalue weighted by atomic mass is 32.2. The van der Waals surface area contributed by atoms with Gasteiger partial charge in [-0.1, -0.05) is 0 Å². The van der Waals surface area contributed by atoms with Crippen molar-refractivity contribution in [3.05, 3.63) is 18.5 Å². The van der Waals surface area contributed by atoms with E-state index in [4.69, 9.17) is 0 Å². The maximum Gasteiger partial charge on any atom is 0.225 e. The summed E-state index contributed by atoms with van der Waals surface area (Å²) in [6.07, 6.45) is 5.70. The number of likely N-dealkylation sites (tertiary alicyclic amines) is 2. The average Bonchev–Trinajstić information content (AvgIpc) is 3.30. The zero-order chi connectivity index (χ0) is 19.6. The van der Waals surface area contributed by atoms with Crippen LogP contribution in [0.15, 0.2) is 18.5 Å². The van der Waals surface area contributed by atoms with Crippen LogP contribution in [0.1, 0.15) is 25.7 Å².